The van der Waals surface area contributed by atoms with Gasteiger partial charge in [0.05, 0.1) is 11.4 Å². The van der Waals surface area contributed by atoms with Crippen LogP contribution in [0.25, 0.3) is 11.3 Å². The van der Waals surface area contributed by atoms with Crippen molar-refractivity contribution >= 4 is 5.97 Å². The zero-order chi connectivity index (χ0) is 13.4. The van der Waals surface area contributed by atoms with Crippen LogP contribution in [0, 0.1) is 20.8 Å². The Morgan fingerprint density at radius 1 is 1.22 bits per heavy atom. The first-order chi connectivity index (χ1) is 8.41. The Morgan fingerprint density at radius 2 is 1.89 bits per heavy atom. The van der Waals surface area contributed by atoms with Gasteiger partial charge in [0, 0.05) is 12.6 Å². The third-order valence-corrected chi connectivity index (χ3v) is 3.22. The minimum Gasteiger partial charge on any atom is -0.478 e. The Hall–Kier alpha value is -2.10. The molecule has 2 rings (SSSR count). The van der Waals surface area contributed by atoms with Gasteiger partial charge in [-0.3, -0.25) is 4.68 Å². The number of hydrogen-bond donors (Lipinski definition) is 1. The topological polar surface area (TPSA) is 55.1 Å². The van der Waals surface area contributed by atoms with Crippen LogP contribution in [0.1, 0.15) is 27.2 Å². The average molecular weight is 244 g/mol. The van der Waals surface area contributed by atoms with Gasteiger partial charge < -0.3 is 5.11 Å². The van der Waals surface area contributed by atoms with E-state index in [0.29, 0.717) is 11.4 Å². The molecule has 2 aromatic rings. The van der Waals surface area contributed by atoms with E-state index in [0.717, 1.165) is 11.1 Å². The minimum atomic E-state index is -0.936. The first-order valence-electron chi connectivity index (χ1n) is 5.76. The predicted molar refractivity (Wildman–Crippen MR) is 69.8 cm³/mol. The molecule has 0 amide bonds. The third-order valence-electron chi connectivity index (χ3n) is 3.22. The number of carboxylic acids is 1. The zero-order valence-corrected chi connectivity index (χ0v) is 11.0. The van der Waals surface area contributed by atoms with E-state index in [1.807, 2.05) is 32.0 Å². The lowest BCUT2D eigenvalue weighted by Gasteiger charge is -2.07. The third kappa shape index (κ3) is 1.90. The van der Waals surface area contributed by atoms with Crippen molar-refractivity contribution in [3.63, 3.8) is 0 Å². The lowest BCUT2D eigenvalue weighted by Crippen LogP contribution is -2.01. The molecule has 1 heterocycles. The quantitative estimate of drug-likeness (QED) is 0.883. The van der Waals surface area contributed by atoms with Gasteiger partial charge >= 0.3 is 5.97 Å². The number of aryl methyl sites for hydroxylation is 4. The second-order valence-electron chi connectivity index (χ2n) is 4.54. The SMILES string of the molecule is Cc1ccc(-c2c(C(=O)O)c(C)nn2C)cc1C. The van der Waals surface area contributed by atoms with Gasteiger partial charge in [-0.2, -0.15) is 5.10 Å². The molecule has 0 atom stereocenters. The molecule has 0 unspecified atom stereocenters. The van der Waals surface area contributed by atoms with Crippen molar-refractivity contribution in [1.82, 2.24) is 9.78 Å². The van der Waals surface area contributed by atoms with Crippen LogP contribution >= 0.6 is 0 Å². The molecule has 0 saturated heterocycles. The maximum atomic E-state index is 11.3. The van der Waals surface area contributed by atoms with E-state index in [-0.39, 0.29) is 5.56 Å². The van der Waals surface area contributed by atoms with E-state index < -0.39 is 5.97 Å². The van der Waals surface area contributed by atoms with E-state index in [9.17, 15) is 9.90 Å². The monoisotopic (exact) mass is 244 g/mol. The summed E-state index contributed by atoms with van der Waals surface area (Å²) in [5, 5.41) is 13.5. The van der Waals surface area contributed by atoms with Crippen molar-refractivity contribution in [2.75, 3.05) is 0 Å². The molecule has 0 aliphatic carbocycles. The first-order valence-corrected chi connectivity index (χ1v) is 5.76. The van der Waals surface area contributed by atoms with Gasteiger partial charge in [0.15, 0.2) is 0 Å². The van der Waals surface area contributed by atoms with Gasteiger partial charge in [0.25, 0.3) is 0 Å². The van der Waals surface area contributed by atoms with Crippen LogP contribution in [-0.4, -0.2) is 20.9 Å². The minimum absolute atomic E-state index is 0.278. The molecular weight excluding hydrogens is 228 g/mol. The summed E-state index contributed by atoms with van der Waals surface area (Å²) in [6.45, 7) is 5.77. The lowest BCUT2D eigenvalue weighted by molar-refractivity contribution is 0.0697. The second-order valence-corrected chi connectivity index (χ2v) is 4.54. The summed E-state index contributed by atoms with van der Waals surface area (Å²) in [6.07, 6.45) is 0. The Balaban J connectivity index is 2.70. The Kier molecular flexibility index (Phi) is 2.95. The summed E-state index contributed by atoms with van der Waals surface area (Å²) in [5.74, 6) is -0.936. The number of carboxylic acid groups (broad SMARTS) is 1. The maximum absolute atomic E-state index is 11.3. The molecule has 0 bridgehead atoms. The molecule has 18 heavy (non-hydrogen) atoms. The normalized spacial score (nSPS) is 10.7. The smallest absolute Gasteiger partial charge is 0.339 e. The van der Waals surface area contributed by atoms with Crippen molar-refractivity contribution < 1.29 is 9.90 Å². The van der Waals surface area contributed by atoms with Crippen molar-refractivity contribution in [3.8, 4) is 11.3 Å². The Bertz CT molecular complexity index is 627. The molecule has 1 N–H and O–H groups in total. The molecule has 1 aromatic carbocycles. The van der Waals surface area contributed by atoms with E-state index in [1.54, 1.807) is 18.7 Å². The summed E-state index contributed by atoms with van der Waals surface area (Å²) >= 11 is 0. The van der Waals surface area contributed by atoms with Crippen molar-refractivity contribution in [1.29, 1.82) is 0 Å². The standard InChI is InChI=1S/C14H16N2O2/c1-8-5-6-11(7-9(8)2)13-12(14(17)18)10(3)15-16(13)4/h5-7H,1-4H3,(H,17,18). The summed E-state index contributed by atoms with van der Waals surface area (Å²) in [6, 6.07) is 5.93. The van der Waals surface area contributed by atoms with Gasteiger partial charge in [0.2, 0.25) is 0 Å². The molecule has 0 aliphatic heterocycles. The van der Waals surface area contributed by atoms with Gasteiger partial charge in [-0.25, -0.2) is 4.79 Å². The largest absolute Gasteiger partial charge is 0.478 e. The zero-order valence-electron chi connectivity index (χ0n) is 11.0. The van der Waals surface area contributed by atoms with Crippen LogP contribution in [0.5, 0.6) is 0 Å². The number of aromatic nitrogens is 2. The Labute approximate surface area is 106 Å². The molecule has 0 radical (unpaired) electrons. The van der Waals surface area contributed by atoms with Gasteiger partial charge in [0.1, 0.15) is 5.56 Å². The molecule has 0 spiro atoms. The van der Waals surface area contributed by atoms with Crippen LogP contribution < -0.4 is 0 Å². The van der Waals surface area contributed by atoms with E-state index in [4.69, 9.17) is 0 Å². The fourth-order valence-corrected chi connectivity index (χ4v) is 2.13. The highest BCUT2D eigenvalue weighted by atomic mass is 16.4. The van der Waals surface area contributed by atoms with Gasteiger partial charge in [-0.15, -0.1) is 0 Å². The molecule has 1 aromatic heterocycles. The van der Waals surface area contributed by atoms with E-state index in [1.165, 1.54) is 5.56 Å². The van der Waals surface area contributed by atoms with Crippen LogP contribution in [0.3, 0.4) is 0 Å². The Morgan fingerprint density at radius 3 is 2.44 bits per heavy atom. The van der Waals surface area contributed by atoms with Crippen molar-refractivity contribution in [2.45, 2.75) is 20.8 Å². The summed E-state index contributed by atoms with van der Waals surface area (Å²) in [5.41, 5.74) is 4.69. The predicted octanol–water partition coefficient (Wildman–Crippen LogP) is 2.71. The van der Waals surface area contributed by atoms with E-state index >= 15 is 0 Å². The molecule has 0 aliphatic rings. The fraction of sp³-hybridized carbons (Fsp3) is 0.286. The second kappa shape index (κ2) is 4.29. The number of benzene rings is 1. The first kappa shape index (κ1) is 12.4. The molecule has 94 valence electrons. The number of carbonyl (C=O) groups is 1. The highest BCUT2D eigenvalue weighted by Crippen LogP contribution is 2.27. The number of hydrogen-bond acceptors (Lipinski definition) is 2. The highest BCUT2D eigenvalue weighted by Gasteiger charge is 2.20. The average Bonchev–Trinajstić information content (AvgIpc) is 2.57. The summed E-state index contributed by atoms with van der Waals surface area (Å²) < 4.78 is 1.63. The van der Waals surface area contributed by atoms with Crippen LogP contribution in [0.2, 0.25) is 0 Å². The molecule has 4 nitrogen and oxygen atoms in total. The highest BCUT2D eigenvalue weighted by molar-refractivity contribution is 5.96. The van der Waals surface area contributed by atoms with Gasteiger partial charge in [-0.05, 0) is 38.0 Å². The van der Waals surface area contributed by atoms with Crippen LogP contribution in [-0.2, 0) is 7.05 Å². The van der Waals surface area contributed by atoms with Crippen molar-refractivity contribution in [3.05, 3.63) is 40.6 Å². The van der Waals surface area contributed by atoms with Crippen LogP contribution in [0.4, 0.5) is 0 Å². The summed E-state index contributed by atoms with van der Waals surface area (Å²) in [7, 11) is 1.77. The molecule has 0 fully saturated rings. The summed E-state index contributed by atoms with van der Waals surface area (Å²) in [4.78, 5) is 11.3. The lowest BCUT2D eigenvalue weighted by atomic mass is 10.0. The molecular formula is C14H16N2O2. The number of nitrogens with zero attached hydrogens (tertiary/aromatic N) is 2. The number of rotatable bonds is 2. The molecule has 0 saturated carbocycles. The molecule has 4 heteroatoms. The number of aromatic carboxylic acids is 1. The van der Waals surface area contributed by atoms with Gasteiger partial charge in [-0.1, -0.05) is 12.1 Å². The van der Waals surface area contributed by atoms with E-state index in [2.05, 4.69) is 5.10 Å². The maximum Gasteiger partial charge on any atom is 0.339 e. The van der Waals surface area contributed by atoms with Crippen LogP contribution in [0.15, 0.2) is 18.2 Å². The van der Waals surface area contributed by atoms with Crippen molar-refractivity contribution in [2.24, 2.45) is 7.05 Å². The fourth-order valence-electron chi connectivity index (χ4n) is 2.13.